The Morgan fingerprint density at radius 3 is 2.39 bits per heavy atom. The van der Waals surface area contributed by atoms with Crippen molar-refractivity contribution in [3.8, 4) is 0 Å². The third kappa shape index (κ3) is 3.92. The van der Waals surface area contributed by atoms with Gasteiger partial charge in [-0.05, 0) is 24.3 Å². The van der Waals surface area contributed by atoms with Gasteiger partial charge in [-0.3, -0.25) is 14.4 Å². The van der Waals surface area contributed by atoms with Crippen LogP contribution < -0.4 is 5.32 Å². The number of benzene rings is 2. The van der Waals surface area contributed by atoms with E-state index in [4.69, 9.17) is 4.42 Å². The van der Waals surface area contributed by atoms with Gasteiger partial charge in [0.15, 0.2) is 17.6 Å². The van der Waals surface area contributed by atoms with Crippen molar-refractivity contribution in [1.82, 2.24) is 9.62 Å². The molecule has 1 unspecified atom stereocenters. The lowest BCUT2D eigenvalue weighted by Gasteiger charge is -2.33. The molecule has 0 saturated carbocycles. The first-order valence-corrected chi connectivity index (χ1v) is 10.9. The fourth-order valence-corrected chi connectivity index (χ4v) is 5.13. The summed E-state index contributed by atoms with van der Waals surface area (Å²) in [5.41, 5.74) is 0.112. The highest BCUT2D eigenvalue weighted by atomic mass is 32.2. The van der Waals surface area contributed by atoms with E-state index in [1.54, 1.807) is 30.3 Å². The van der Waals surface area contributed by atoms with Gasteiger partial charge >= 0.3 is 0 Å². The SMILES string of the molecule is O=C(CN1C(C(=O)c2ccccc2)C(=O)c2ccccc2S1(=O)=O)NCc1ccco1. The number of nitrogens with zero attached hydrogens (tertiary/aromatic N) is 1. The molecule has 1 aromatic heterocycles. The first-order valence-electron chi connectivity index (χ1n) is 9.43. The van der Waals surface area contributed by atoms with Gasteiger partial charge in [0.25, 0.3) is 0 Å². The molecule has 8 nitrogen and oxygen atoms in total. The maximum atomic E-state index is 13.3. The van der Waals surface area contributed by atoms with Crippen molar-refractivity contribution in [2.75, 3.05) is 6.54 Å². The molecule has 158 valence electrons. The van der Waals surface area contributed by atoms with E-state index in [1.807, 2.05) is 0 Å². The zero-order valence-electron chi connectivity index (χ0n) is 16.2. The van der Waals surface area contributed by atoms with Crippen molar-refractivity contribution >= 4 is 27.5 Å². The Balaban J connectivity index is 1.70. The van der Waals surface area contributed by atoms with E-state index in [0.29, 0.717) is 10.1 Å². The first kappa shape index (κ1) is 20.7. The van der Waals surface area contributed by atoms with Gasteiger partial charge in [0.05, 0.1) is 24.2 Å². The number of hydrogen-bond acceptors (Lipinski definition) is 6. The lowest BCUT2D eigenvalue weighted by atomic mass is 9.96. The normalized spacial score (nSPS) is 17.7. The fraction of sp³-hybridized carbons (Fsp3) is 0.136. The van der Waals surface area contributed by atoms with Crippen LogP contribution in [0.4, 0.5) is 0 Å². The molecule has 0 bridgehead atoms. The molecule has 0 fully saturated rings. The number of carbonyl (C=O) groups is 3. The summed E-state index contributed by atoms with van der Waals surface area (Å²) in [6.45, 7) is -0.645. The maximum Gasteiger partial charge on any atom is 0.245 e. The van der Waals surface area contributed by atoms with Crippen LogP contribution in [0.1, 0.15) is 26.5 Å². The van der Waals surface area contributed by atoms with Crippen LogP contribution in [0.2, 0.25) is 0 Å². The topological polar surface area (TPSA) is 114 Å². The van der Waals surface area contributed by atoms with Gasteiger partial charge < -0.3 is 9.73 Å². The summed E-state index contributed by atoms with van der Waals surface area (Å²) in [6, 6.07) is 15.2. The number of amides is 1. The van der Waals surface area contributed by atoms with Crippen molar-refractivity contribution in [3.05, 3.63) is 89.9 Å². The second-order valence-electron chi connectivity index (χ2n) is 6.90. The average Bonchev–Trinajstić information content (AvgIpc) is 3.30. The molecule has 0 saturated heterocycles. The number of carbonyl (C=O) groups excluding carboxylic acids is 3. The van der Waals surface area contributed by atoms with E-state index in [0.717, 1.165) is 0 Å². The fourth-order valence-electron chi connectivity index (χ4n) is 3.42. The molecule has 0 aliphatic carbocycles. The third-order valence-electron chi connectivity index (χ3n) is 4.92. The van der Waals surface area contributed by atoms with Crippen molar-refractivity contribution in [2.24, 2.45) is 0 Å². The van der Waals surface area contributed by atoms with Crippen LogP contribution in [0.5, 0.6) is 0 Å². The summed E-state index contributed by atoms with van der Waals surface area (Å²) >= 11 is 0. The van der Waals surface area contributed by atoms with E-state index < -0.39 is 40.1 Å². The van der Waals surface area contributed by atoms with Crippen LogP contribution >= 0.6 is 0 Å². The molecule has 31 heavy (non-hydrogen) atoms. The Bertz CT molecular complexity index is 1240. The summed E-state index contributed by atoms with van der Waals surface area (Å²) in [6.07, 6.45) is 1.45. The zero-order valence-corrected chi connectivity index (χ0v) is 17.0. The van der Waals surface area contributed by atoms with Gasteiger partial charge in [-0.1, -0.05) is 42.5 Å². The van der Waals surface area contributed by atoms with Crippen LogP contribution in [0, 0.1) is 0 Å². The summed E-state index contributed by atoms with van der Waals surface area (Å²) < 4.78 is 32.4. The predicted octanol–water partition coefficient (Wildman–Crippen LogP) is 2.03. The number of sulfonamides is 1. The monoisotopic (exact) mass is 438 g/mol. The lowest BCUT2D eigenvalue weighted by molar-refractivity contribution is -0.121. The van der Waals surface area contributed by atoms with Crippen LogP contribution in [0.25, 0.3) is 0 Å². The van der Waals surface area contributed by atoms with Gasteiger partial charge in [-0.15, -0.1) is 0 Å². The highest BCUT2D eigenvalue weighted by molar-refractivity contribution is 7.89. The molecule has 2 aromatic carbocycles. The van der Waals surface area contributed by atoms with E-state index >= 15 is 0 Å². The van der Waals surface area contributed by atoms with Crippen LogP contribution in [-0.4, -0.2) is 42.8 Å². The van der Waals surface area contributed by atoms with E-state index in [-0.39, 0.29) is 22.6 Å². The Kier molecular flexibility index (Phi) is 5.53. The van der Waals surface area contributed by atoms with Crippen LogP contribution in [0.3, 0.4) is 0 Å². The van der Waals surface area contributed by atoms with Crippen molar-refractivity contribution < 1.29 is 27.2 Å². The zero-order chi connectivity index (χ0) is 22.0. The van der Waals surface area contributed by atoms with Crippen molar-refractivity contribution in [1.29, 1.82) is 0 Å². The second-order valence-corrected chi connectivity index (χ2v) is 8.76. The third-order valence-corrected chi connectivity index (χ3v) is 6.79. The molecule has 0 radical (unpaired) electrons. The molecule has 1 atom stereocenters. The highest BCUT2D eigenvalue weighted by Gasteiger charge is 2.48. The molecule has 0 spiro atoms. The average molecular weight is 438 g/mol. The van der Waals surface area contributed by atoms with Gasteiger partial charge in [0, 0.05) is 11.1 Å². The molecule has 9 heteroatoms. The second kappa shape index (κ2) is 8.29. The smallest absolute Gasteiger partial charge is 0.245 e. The van der Waals surface area contributed by atoms with Crippen LogP contribution in [-0.2, 0) is 21.4 Å². The Morgan fingerprint density at radius 2 is 1.68 bits per heavy atom. The van der Waals surface area contributed by atoms with E-state index in [9.17, 15) is 22.8 Å². The minimum Gasteiger partial charge on any atom is -0.467 e. The number of furan rings is 1. The standard InChI is InChI=1S/C22H18N2O6S/c25-19(23-13-16-9-6-12-30-16)14-24-20(21(26)15-7-2-1-3-8-15)22(27)17-10-4-5-11-18(17)31(24,28)29/h1-12,20H,13-14H2,(H,23,25). The lowest BCUT2D eigenvalue weighted by Crippen LogP contribution is -2.56. The number of Topliss-reactive ketones (excluding diaryl/α,β-unsaturated/α-hetero) is 2. The van der Waals surface area contributed by atoms with Gasteiger partial charge in [0.1, 0.15) is 5.76 Å². The highest BCUT2D eigenvalue weighted by Crippen LogP contribution is 2.31. The Labute approximate surface area is 178 Å². The summed E-state index contributed by atoms with van der Waals surface area (Å²) in [5, 5.41) is 2.55. The van der Waals surface area contributed by atoms with Gasteiger partial charge in [-0.25, -0.2) is 8.42 Å². The largest absolute Gasteiger partial charge is 0.467 e. The number of fused-ring (bicyclic) bond motifs is 1. The predicted molar refractivity (Wildman–Crippen MR) is 110 cm³/mol. The molecular weight excluding hydrogens is 420 g/mol. The number of hydrogen-bond donors (Lipinski definition) is 1. The van der Waals surface area contributed by atoms with Gasteiger partial charge in [-0.2, -0.15) is 4.31 Å². The molecule has 2 heterocycles. The van der Waals surface area contributed by atoms with E-state index in [2.05, 4.69) is 5.32 Å². The first-order chi connectivity index (χ1) is 14.9. The quantitative estimate of drug-likeness (QED) is 0.465. The molecule has 4 rings (SSSR count). The molecule has 1 N–H and O–H groups in total. The number of rotatable bonds is 6. The summed E-state index contributed by atoms with van der Waals surface area (Å²) in [5.74, 6) is -1.55. The van der Waals surface area contributed by atoms with E-state index in [1.165, 1.54) is 42.7 Å². The molecule has 3 aromatic rings. The molecular formula is C22H18N2O6S. The number of nitrogens with one attached hydrogen (secondary N) is 1. The minimum atomic E-state index is -4.28. The Hall–Kier alpha value is -3.56. The molecule has 1 aliphatic rings. The number of ketones is 2. The summed E-state index contributed by atoms with van der Waals surface area (Å²) in [7, 11) is -4.28. The van der Waals surface area contributed by atoms with Gasteiger partial charge in [0.2, 0.25) is 15.9 Å². The van der Waals surface area contributed by atoms with Crippen molar-refractivity contribution in [3.63, 3.8) is 0 Å². The molecule has 1 aliphatic heterocycles. The van der Waals surface area contributed by atoms with Crippen molar-refractivity contribution in [2.45, 2.75) is 17.5 Å². The Morgan fingerprint density at radius 1 is 0.968 bits per heavy atom. The summed E-state index contributed by atoms with van der Waals surface area (Å²) in [4.78, 5) is 38.7. The minimum absolute atomic E-state index is 0.0432. The van der Waals surface area contributed by atoms with Crippen LogP contribution in [0.15, 0.2) is 82.3 Å². The molecule has 1 amide bonds. The maximum absolute atomic E-state index is 13.3.